The standard InChI is InChI=1S/C12H18N2O/c1-4-5-8-11-9(14-13-8)6-12(2,3)7-10(11)15/h4-5,9,11,14H,6-7H2,1-3H3/b5-4+/t9-,11-/m0/s1. The Bertz CT molecular complexity index is 342. The van der Waals surface area contributed by atoms with E-state index in [0.29, 0.717) is 12.2 Å². The van der Waals surface area contributed by atoms with E-state index in [2.05, 4.69) is 24.4 Å². The summed E-state index contributed by atoms with van der Waals surface area (Å²) in [4.78, 5) is 12.0. The maximum Gasteiger partial charge on any atom is 0.144 e. The molecule has 0 aromatic rings. The number of allylic oxidation sites excluding steroid dienone is 2. The van der Waals surface area contributed by atoms with Crippen molar-refractivity contribution in [3.05, 3.63) is 12.2 Å². The van der Waals surface area contributed by atoms with E-state index in [4.69, 9.17) is 0 Å². The molecule has 1 N–H and O–H groups in total. The zero-order valence-corrected chi connectivity index (χ0v) is 9.58. The van der Waals surface area contributed by atoms with E-state index in [1.54, 1.807) is 0 Å². The van der Waals surface area contributed by atoms with Crippen LogP contribution in [0.2, 0.25) is 0 Å². The normalized spacial score (nSPS) is 33.8. The fraction of sp³-hybridized carbons (Fsp3) is 0.667. The first-order valence-electron chi connectivity index (χ1n) is 5.52. The minimum Gasteiger partial charge on any atom is -0.306 e. The smallest absolute Gasteiger partial charge is 0.144 e. The van der Waals surface area contributed by atoms with E-state index in [0.717, 1.165) is 12.1 Å². The molecule has 0 bridgehead atoms. The molecule has 2 aliphatic rings. The maximum absolute atomic E-state index is 12.0. The zero-order chi connectivity index (χ0) is 11.1. The van der Waals surface area contributed by atoms with Crippen LogP contribution in [0.4, 0.5) is 0 Å². The lowest BCUT2D eigenvalue weighted by Crippen LogP contribution is -2.45. The Hall–Kier alpha value is -1.12. The second-order valence-electron chi connectivity index (χ2n) is 5.26. The Kier molecular flexibility index (Phi) is 2.41. The molecule has 0 aromatic heterocycles. The minimum atomic E-state index is -0.00535. The topological polar surface area (TPSA) is 41.5 Å². The molecule has 2 rings (SSSR count). The van der Waals surface area contributed by atoms with Gasteiger partial charge in [0.15, 0.2) is 0 Å². The lowest BCUT2D eigenvalue weighted by atomic mass is 9.69. The Morgan fingerprint density at radius 1 is 1.53 bits per heavy atom. The molecule has 15 heavy (non-hydrogen) atoms. The first-order valence-corrected chi connectivity index (χ1v) is 5.52. The van der Waals surface area contributed by atoms with Crippen molar-refractivity contribution in [3.8, 4) is 0 Å². The van der Waals surface area contributed by atoms with E-state index in [9.17, 15) is 4.79 Å². The average molecular weight is 206 g/mol. The largest absolute Gasteiger partial charge is 0.306 e. The summed E-state index contributed by atoms with van der Waals surface area (Å²) in [5, 5.41) is 4.24. The number of nitrogens with zero attached hydrogens (tertiary/aromatic N) is 1. The number of fused-ring (bicyclic) bond motifs is 1. The Morgan fingerprint density at radius 3 is 2.93 bits per heavy atom. The van der Waals surface area contributed by atoms with E-state index < -0.39 is 0 Å². The molecule has 82 valence electrons. The predicted molar refractivity (Wildman–Crippen MR) is 60.7 cm³/mol. The van der Waals surface area contributed by atoms with Crippen LogP contribution < -0.4 is 5.43 Å². The van der Waals surface area contributed by atoms with Crippen molar-refractivity contribution >= 4 is 11.5 Å². The Balaban J connectivity index is 2.21. The van der Waals surface area contributed by atoms with Gasteiger partial charge in [0.05, 0.1) is 17.7 Å². The highest BCUT2D eigenvalue weighted by Crippen LogP contribution is 2.38. The van der Waals surface area contributed by atoms with Gasteiger partial charge in [0.25, 0.3) is 0 Å². The SMILES string of the molecule is C/C=C/C1=NN[C@H]2CC(C)(C)CC(=O)[C@@H]12. The van der Waals surface area contributed by atoms with Crippen LogP contribution in [0.3, 0.4) is 0 Å². The molecule has 0 radical (unpaired) electrons. The molecule has 3 heteroatoms. The van der Waals surface area contributed by atoms with Crippen molar-refractivity contribution < 1.29 is 4.79 Å². The zero-order valence-electron chi connectivity index (χ0n) is 9.58. The predicted octanol–water partition coefficient (Wildman–Crippen LogP) is 1.90. The molecule has 0 amide bonds. The van der Waals surface area contributed by atoms with Gasteiger partial charge in [0, 0.05) is 6.42 Å². The van der Waals surface area contributed by atoms with Gasteiger partial charge >= 0.3 is 0 Å². The quantitative estimate of drug-likeness (QED) is 0.712. The van der Waals surface area contributed by atoms with Crippen LogP contribution in [0.25, 0.3) is 0 Å². The summed E-state index contributed by atoms with van der Waals surface area (Å²) in [5.74, 6) is 0.326. The fourth-order valence-corrected chi connectivity index (χ4v) is 2.62. The summed E-state index contributed by atoms with van der Waals surface area (Å²) in [6, 6.07) is 0.215. The van der Waals surface area contributed by atoms with Crippen LogP contribution in [0.15, 0.2) is 17.3 Å². The summed E-state index contributed by atoms with van der Waals surface area (Å²) >= 11 is 0. The summed E-state index contributed by atoms with van der Waals surface area (Å²) < 4.78 is 0. The number of carbonyl (C=O) groups excluding carboxylic acids is 1. The number of hydrazone groups is 1. The second kappa shape index (κ2) is 3.47. The monoisotopic (exact) mass is 206 g/mol. The molecule has 0 spiro atoms. The summed E-state index contributed by atoms with van der Waals surface area (Å²) in [5.41, 5.74) is 4.12. The van der Waals surface area contributed by atoms with Crippen molar-refractivity contribution in [2.45, 2.75) is 39.7 Å². The van der Waals surface area contributed by atoms with Gasteiger partial charge in [-0.3, -0.25) is 4.79 Å². The van der Waals surface area contributed by atoms with E-state index in [1.807, 2.05) is 19.1 Å². The molecule has 2 atom stereocenters. The van der Waals surface area contributed by atoms with Crippen LogP contribution in [0.1, 0.15) is 33.6 Å². The van der Waals surface area contributed by atoms with Gasteiger partial charge in [-0.15, -0.1) is 0 Å². The first kappa shape index (κ1) is 10.4. The van der Waals surface area contributed by atoms with Crippen LogP contribution in [0.5, 0.6) is 0 Å². The molecule has 0 saturated heterocycles. The van der Waals surface area contributed by atoms with Crippen molar-refractivity contribution in [2.75, 3.05) is 0 Å². The molecular formula is C12H18N2O. The molecule has 0 unspecified atom stereocenters. The van der Waals surface area contributed by atoms with Gasteiger partial charge in [-0.2, -0.15) is 5.10 Å². The number of Topliss-reactive ketones (excluding diaryl/α,β-unsaturated/α-hetero) is 1. The van der Waals surface area contributed by atoms with Gasteiger partial charge in [0.2, 0.25) is 0 Å². The molecule has 1 aliphatic heterocycles. The second-order valence-corrected chi connectivity index (χ2v) is 5.26. The third-order valence-electron chi connectivity index (χ3n) is 3.19. The average Bonchev–Trinajstić information content (AvgIpc) is 2.46. The van der Waals surface area contributed by atoms with Crippen molar-refractivity contribution in [1.82, 2.24) is 5.43 Å². The highest BCUT2D eigenvalue weighted by Gasteiger charge is 2.44. The molecule has 1 saturated carbocycles. The number of hydrogen-bond acceptors (Lipinski definition) is 3. The van der Waals surface area contributed by atoms with Crippen molar-refractivity contribution in [1.29, 1.82) is 0 Å². The fourth-order valence-electron chi connectivity index (χ4n) is 2.62. The van der Waals surface area contributed by atoms with Gasteiger partial charge in [-0.05, 0) is 24.8 Å². The highest BCUT2D eigenvalue weighted by molar-refractivity contribution is 6.12. The molecule has 0 aromatic carbocycles. The first-order chi connectivity index (χ1) is 7.03. The number of rotatable bonds is 1. The van der Waals surface area contributed by atoms with Crippen LogP contribution in [0, 0.1) is 11.3 Å². The number of carbonyl (C=O) groups is 1. The lowest BCUT2D eigenvalue weighted by molar-refractivity contribution is -0.126. The molecular weight excluding hydrogens is 188 g/mol. The molecule has 1 fully saturated rings. The molecule has 1 aliphatic carbocycles. The number of nitrogens with one attached hydrogen (secondary N) is 1. The number of ketones is 1. The molecule has 3 nitrogen and oxygen atoms in total. The van der Waals surface area contributed by atoms with Gasteiger partial charge in [-0.25, -0.2) is 0 Å². The van der Waals surface area contributed by atoms with E-state index in [-0.39, 0.29) is 17.4 Å². The van der Waals surface area contributed by atoms with Crippen molar-refractivity contribution in [2.24, 2.45) is 16.4 Å². The van der Waals surface area contributed by atoms with Crippen LogP contribution in [-0.4, -0.2) is 17.5 Å². The Labute approximate surface area is 90.6 Å². The van der Waals surface area contributed by atoms with E-state index >= 15 is 0 Å². The van der Waals surface area contributed by atoms with Crippen LogP contribution in [-0.2, 0) is 4.79 Å². The minimum absolute atomic E-state index is 0.00535. The summed E-state index contributed by atoms with van der Waals surface area (Å²) in [6.07, 6.45) is 5.57. The van der Waals surface area contributed by atoms with Crippen LogP contribution >= 0.6 is 0 Å². The third-order valence-corrected chi connectivity index (χ3v) is 3.19. The third kappa shape index (κ3) is 1.83. The Morgan fingerprint density at radius 2 is 2.27 bits per heavy atom. The van der Waals surface area contributed by atoms with Crippen molar-refractivity contribution in [3.63, 3.8) is 0 Å². The highest BCUT2D eigenvalue weighted by atomic mass is 16.1. The van der Waals surface area contributed by atoms with Gasteiger partial charge < -0.3 is 5.43 Å². The van der Waals surface area contributed by atoms with Gasteiger partial charge in [-0.1, -0.05) is 19.9 Å². The van der Waals surface area contributed by atoms with E-state index in [1.165, 1.54) is 0 Å². The lowest BCUT2D eigenvalue weighted by Gasteiger charge is -2.35. The summed E-state index contributed by atoms with van der Waals surface area (Å²) in [7, 11) is 0. The summed E-state index contributed by atoms with van der Waals surface area (Å²) in [6.45, 7) is 6.25. The molecule has 1 heterocycles. The number of hydrogen-bond donors (Lipinski definition) is 1. The van der Waals surface area contributed by atoms with Gasteiger partial charge in [0.1, 0.15) is 5.78 Å². The maximum atomic E-state index is 12.0.